The number of imidazole rings is 1. The Balaban J connectivity index is 1.40. The Morgan fingerprint density at radius 3 is 2.15 bits per heavy atom. The molecule has 6 heteroatoms. The van der Waals surface area contributed by atoms with Gasteiger partial charge in [-0.15, -0.1) is 0 Å². The fraction of sp³-hybridized carbons (Fsp3) is 0.514. The summed E-state index contributed by atoms with van der Waals surface area (Å²) in [6.07, 6.45) is 8.94. The number of hydrogen-bond donors (Lipinski definition) is 0. The van der Waals surface area contributed by atoms with E-state index in [1.165, 1.54) is 38.5 Å². The summed E-state index contributed by atoms with van der Waals surface area (Å²) in [6, 6.07) is 17.5. The van der Waals surface area contributed by atoms with Gasteiger partial charge in [-0.3, -0.25) is 0 Å². The second-order valence-electron chi connectivity index (χ2n) is 13.8. The molecule has 4 bridgehead atoms. The number of aryl methyl sites for hydroxylation is 1. The first-order valence-corrected chi connectivity index (χ1v) is 15.2. The fourth-order valence-corrected chi connectivity index (χ4v) is 8.13. The van der Waals surface area contributed by atoms with Crippen molar-refractivity contribution in [1.29, 1.82) is 0 Å². The molecule has 0 atom stereocenters. The first-order valence-electron chi connectivity index (χ1n) is 15.2. The van der Waals surface area contributed by atoms with Crippen LogP contribution < -0.4 is 0 Å². The van der Waals surface area contributed by atoms with Gasteiger partial charge in [-0.05, 0) is 113 Å². The highest BCUT2D eigenvalue weighted by Crippen LogP contribution is 2.61. The van der Waals surface area contributed by atoms with E-state index in [0.717, 1.165) is 40.9 Å². The fourth-order valence-electron chi connectivity index (χ4n) is 8.13. The second kappa shape index (κ2) is 10.8. The molecule has 7 rings (SSSR count). The molecule has 6 nitrogen and oxygen atoms in total. The Morgan fingerprint density at radius 1 is 0.927 bits per heavy atom. The number of ether oxygens (including phenoxy) is 2. The lowest BCUT2D eigenvalue weighted by molar-refractivity contribution is -0.0572. The van der Waals surface area contributed by atoms with E-state index in [1.54, 1.807) is 4.57 Å². The number of esters is 1. The molecular formula is C35H42N2O4. The zero-order valence-electron chi connectivity index (χ0n) is 24.8. The van der Waals surface area contributed by atoms with Gasteiger partial charge in [-0.1, -0.05) is 54.6 Å². The molecule has 0 spiro atoms. The third-order valence-corrected chi connectivity index (χ3v) is 9.40. The van der Waals surface area contributed by atoms with Crippen molar-refractivity contribution in [3.8, 4) is 11.4 Å². The first-order chi connectivity index (χ1) is 19.6. The van der Waals surface area contributed by atoms with Gasteiger partial charge in [0.1, 0.15) is 12.2 Å². The van der Waals surface area contributed by atoms with Gasteiger partial charge in [0, 0.05) is 5.56 Å². The maximum absolute atomic E-state index is 13.9. The predicted octanol–water partition coefficient (Wildman–Crippen LogP) is 8.15. The summed E-state index contributed by atoms with van der Waals surface area (Å²) >= 11 is 0. The first kappa shape index (κ1) is 27.7. The average molecular weight is 555 g/mol. The molecule has 0 aliphatic heterocycles. The van der Waals surface area contributed by atoms with E-state index in [-0.39, 0.29) is 17.7 Å². The topological polar surface area (TPSA) is 70.4 Å². The molecule has 1 aromatic heterocycles. The molecule has 0 amide bonds. The molecule has 41 heavy (non-hydrogen) atoms. The van der Waals surface area contributed by atoms with Gasteiger partial charge in [-0.2, -0.15) is 0 Å². The molecule has 2 aromatic carbocycles. The van der Waals surface area contributed by atoms with Crippen molar-refractivity contribution in [2.24, 2.45) is 23.2 Å². The van der Waals surface area contributed by atoms with Crippen LogP contribution in [0.25, 0.3) is 11.4 Å². The number of carbonyl (C=O) groups is 2. The van der Waals surface area contributed by atoms with Gasteiger partial charge in [0.05, 0.1) is 5.69 Å². The number of benzene rings is 2. The summed E-state index contributed by atoms with van der Waals surface area (Å²) in [5, 5.41) is 0. The quantitative estimate of drug-likeness (QED) is 0.276. The van der Waals surface area contributed by atoms with Crippen molar-refractivity contribution in [1.82, 2.24) is 9.55 Å². The summed E-state index contributed by atoms with van der Waals surface area (Å²) < 4.78 is 13.3. The molecule has 0 radical (unpaired) electrons. The van der Waals surface area contributed by atoms with Crippen LogP contribution in [0.5, 0.6) is 0 Å². The summed E-state index contributed by atoms with van der Waals surface area (Å²) in [6.45, 7) is 7.72. The van der Waals surface area contributed by atoms with Crippen molar-refractivity contribution in [3.05, 3.63) is 77.1 Å². The van der Waals surface area contributed by atoms with Crippen molar-refractivity contribution >= 4 is 12.1 Å². The molecule has 1 heterocycles. The predicted molar refractivity (Wildman–Crippen MR) is 159 cm³/mol. The lowest BCUT2D eigenvalue weighted by Crippen LogP contribution is -2.46. The zero-order chi connectivity index (χ0) is 28.8. The highest BCUT2D eigenvalue weighted by molar-refractivity contribution is 5.92. The molecule has 216 valence electrons. The van der Waals surface area contributed by atoms with Crippen molar-refractivity contribution < 1.29 is 19.1 Å². The molecule has 4 aliphatic carbocycles. The van der Waals surface area contributed by atoms with E-state index in [2.05, 4.69) is 0 Å². The lowest BCUT2D eigenvalue weighted by atomic mass is 9.48. The van der Waals surface area contributed by atoms with Crippen LogP contribution in [-0.4, -0.2) is 27.2 Å². The number of carbonyl (C=O) groups excluding carboxylic acids is 2. The molecule has 0 unspecified atom stereocenters. The number of aromatic nitrogens is 2. The summed E-state index contributed by atoms with van der Waals surface area (Å²) in [4.78, 5) is 32.4. The monoisotopic (exact) mass is 554 g/mol. The smallest absolute Gasteiger partial charge is 0.420 e. The minimum Gasteiger partial charge on any atom is -0.456 e. The maximum atomic E-state index is 13.9. The Kier molecular flexibility index (Phi) is 7.29. The standard InChI is InChI=1S/C35H42N2O4/c1-23-10-8-9-13-28(23)31-36-30(32(38)40-22-24-11-6-5-7-12-24)29(37(31)33(39)41-34(2,3)4)14-15-35-19-25-16-26(20-35)18-27(17-25)21-35/h5-13,25-27H,14-22H2,1-4H3. The highest BCUT2D eigenvalue weighted by atomic mass is 16.6. The molecule has 3 aromatic rings. The Bertz CT molecular complexity index is 1400. The molecule has 4 aliphatic rings. The minimum absolute atomic E-state index is 0.146. The van der Waals surface area contributed by atoms with Crippen LogP contribution in [0, 0.1) is 30.1 Å². The number of nitrogens with zero attached hydrogens (tertiary/aromatic N) is 2. The molecule has 4 fully saturated rings. The average Bonchev–Trinajstić information content (AvgIpc) is 3.29. The number of hydrogen-bond acceptors (Lipinski definition) is 5. The lowest BCUT2D eigenvalue weighted by Gasteiger charge is -2.57. The van der Waals surface area contributed by atoms with E-state index in [4.69, 9.17) is 14.5 Å². The van der Waals surface area contributed by atoms with Crippen LogP contribution in [0.4, 0.5) is 4.79 Å². The Labute approximate surface area is 243 Å². The van der Waals surface area contributed by atoms with Gasteiger partial charge in [0.15, 0.2) is 11.5 Å². The highest BCUT2D eigenvalue weighted by Gasteiger charge is 2.50. The second-order valence-corrected chi connectivity index (χ2v) is 13.8. The van der Waals surface area contributed by atoms with Crippen molar-refractivity contribution in [2.75, 3.05) is 0 Å². The maximum Gasteiger partial charge on any atom is 0.420 e. The van der Waals surface area contributed by atoms with Gasteiger partial charge in [0.25, 0.3) is 0 Å². The van der Waals surface area contributed by atoms with Gasteiger partial charge >= 0.3 is 12.1 Å². The summed E-state index contributed by atoms with van der Waals surface area (Å²) in [7, 11) is 0. The minimum atomic E-state index is -0.699. The Hall–Kier alpha value is -3.41. The van der Waals surface area contributed by atoms with E-state index in [1.807, 2.05) is 82.3 Å². The van der Waals surface area contributed by atoms with E-state index in [0.29, 0.717) is 17.9 Å². The largest absolute Gasteiger partial charge is 0.456 e. The van der Waals surface area contributed by atoms with E-state index in [9.17, 15) is 9.59 Å². The summed E-state index contributed by atoms with van der Waals surface area (Å²) in [5.74, 6) is 2.41. The van der Waals surface area contributed by atoms with Crippen LogP contribution in [0.1, 0.15) is 93.0 Å². The van der Waals surface area contributed by atoms with Gasteiger partial charge in [0.2, 0.25) is 0 Å². The van der Waals surface area contributed by atoms with Crippen molar-refractivity contribution in [3.63, 3.8) is 0 Å². The third kappa shape index (κ3) is 5.84. The van der Waals surface area contributed by atoms with Crippen LogP contribution in [0.15, 0.2) is 54.6 Å². The normalized spacial score (nSPS) is 24.8. The molecule has 0 saturated heterocycles. The van der Waals surface area contributed by atoms with Crippen LogP contribution in [-0.2, 0) is 22.5 Å². The van der Waals surface area contributed by atoms with E-state index >= 15 is 0 Å². The van der Waals surface area contributed by atoms with Crippen LogP contribution in [0.2, 0.25) is 0 Å². The zero-order valence-corrected chi connectivity index (χ0v) is 24.8. The van der Waals surface area contributed by atoms with Gasteiger partial charge < -0.3 is 9.47 Å². The Morgan fingerprint density at radius 2 is 1.54 bits per heavy atom. The van der Waals surface area contributed by atoms with Crippen LogP contribution >= 0.6 is 0 Å². The molecule has 4 saturated carbocycles. The number of rotatable bonds is 7. The molecule has 0 N–H and O–H groups in total. The van der Waals surface area contributed by atoms with E-state index < -0.39 is 17.7 Å². The SMILES string of the molecule is Cc1ccccc1-c1nc(C(=O)OCc2ccccc2)c(CCC23CC4CC(CC(C4)C2)C3)n1C(=O)OC(C)(C)C. The molecular weight excluding hydrogens is 512 g/mol. The van der Waals surface area contributed by atoms with Gasteiger partial charge in [-0.25, -0.2) is 19.1 Å². The van der Waals surface area contributed by atoms with Crippen molar-refractivity contribution in [2.45, 2.75) is 91.3 Å². The summed E-state index contributed by atoms with van der Waals surface area (Å²) in [5.41, 5.74) is 3.08. The third-order valence-electron chi connectivity index (χ3n) is 9.40. The van der Waals surface area contributed by atoms with Crippen LogP contribution in [0.3, 0.4) is 0 Å².